The molecule has 0 aliphatic carbocycles. The van der Waals surface area contributed by atoms with Crippen molar-refractivity contribution in [2.45, 2.75) is 24.2 Å². The van der Waals surface area contributed by atoms with E-state index in [4.69, 9.17) is 9.47 Å². The fourth-order valence-corrected chi connectivity index (χ4v) is 4.93. The van der Waals surface area contributed by atoms with Gasteiger partial charge in [0.25, 0.3) is 0 Å². The number of nitrogens with one attached hydrogen (secondary N) is 1. The van der Waals surface area contributed by atoms with Gasteiger partial charge in [-0.2, -0.15) is 4.31 Å². The molecule has 162 valence electrons. The number of carbonyl (C=O) groups is 1. The Morgan fingerprint density at radius 1 is 1.17 bits per heavy atom. The highest BCUT2D eigenvalue weighted by Gasteiger charge is 2.29. The van der Waals surface area contributed by atoms with Crippen molar-refractivity contribution in [3.8, 4) is 11.5 Å². The molecule has 1 aliphatic rings. The topological polar surface area (TPSA) is 97.8 Å². The van der Waals surface area contributed by atoms with E-state index in [0.717, 1.165) is 5.56 Å². The van der Waals surface area contributed by atoms with Crippen LogP contribution in [0.3, 0.4) is 0 Å². The molecule has 1 aromatic carbocycles. The smallest absolute Gasteiger partial charge is 0.244 e. The molecular weight excluding hydrogens is 406 g/mol. The predicted octanol–water partition coefficient (Wildman–Crippen LogP) is 1.86. The summed E-state index contributed by atoms with van der Waals surface area (Å²) in [7, 11) is -0.383. The minimum absolute atomic E-state index is 0.0763. The largest absolute Gasteiger partial charge is 0.493 e. The van der Waals surface area contributed by atoms with E-state index < -0.39 is 10.0 Å². The third-order valence-corrected chi connectivity index (χ3v) is 7.13. The van der Waals surface area contributed by atoms with E-state index in [-0.39, 0.29) is 23.1 Å². The molecule has 8 nitrogen and oxygen atoms in total. The van der Waals surface area contributed by atoms with Crippen molar-refractivity contribution >= 4 is 15.9 Å². The van der Waals surface area contributed by atoms with Crippen molar-refractivity contribution in [3.63, 3.8) is 0 Å². The molecule has 1 aliphatic heterocycles. The quantitative estimate of drug-likeness (QED) is 0.682. The molecule has 0 unspecified atom stereocenters. The molecule has 0 atom stereocenters. The number of hydrogen-bond donors (Lipinski definition) is 1. The molecule has 30 heavy (non-hydrogen) atoms. The number of methoxy groups -OCH3 is 2. The maximum Gasteiger partial charge on any atom is 0.244 e. The lowest BCUT2D eigenvalue weighted by Gasteiger charge is -2.31. The Morgan fingerprint density at radius 3 is 2.53 bits per heavy atom. The first kappa shape index (κ1) is 22.0. The molecule has 0 spiro atoms. The zero-order valence-electron chi connectivity index (χ0n) is 17.2. The van der Waals surface area contributed by atoms with E-state index in [2.05, 4.69) is 10.3 Å². The molecule has 9 heteroatoms. The van der Waals surface area contributed by atoms with Gasteiger partial charge in [0.1, 0.15) is 4.90 Å². The van der Waals surface area contributed by atoms with Gasteiger partial charge in [-0.1, -0.05) is 6.07 Å². The summed E-state index contributed by atoms with van der Waals surface area (Å²) in [6.07, 6.45) is 4.58. The van der Waals surface area contributed by atoms with E-state index in [1.165, 1.54) is 10.5 Å². The third-order valence-electron chi connectivity index (χ3n) is 5.25. The first-order valence-electron chi connectivity index (χ1n) is 9.82. The lowest BCUT2D eigenvalue weighted by atomic mass is 9.98. The number of ether oxygens (including phenoxy) is 2. The van der Waals surface area contributed by atoms with Gasteiger partial charge in [0.2, 0.25) is 15.9 Å². The summed E-state index contributed by atoms with van der Waals surface area (Å²) in [6, 6.07) is 8.58. The van der Waals surface area contributed by atoms with Crippen molar-refractivity contribution in [1.82, 2.24) is 14.6 Å². The highest BCUT2D eigenvalue weighted by molar-refractivity contribution is 7.89. The Labute approximate surface area is 177 Å². The summed E-state index contributed by atoms with van der Waals surface area (Å²) in [5.74, 6) is 1.38. The number of aromatic nitrogens is 1. The predicted molar refractivity (Wildman–Crippen MR) is 112 cm³/mol. The second kappa shape index (κ2) is 9.90. The summed E-state index contributed by atoms with van der Waals surface area (Å²) in [5.41, 5.74) is 0.836. The Hall–Kier alpha value is -2.65. The Morgan fingerprint density at radius 2 is 1.90 bits per heavy atom. The minimum atomic E-state index is -3.51. The molecule has 0 radical (unpaired) electrons. The Kier molecular flexibility index (Phi) is 7.28. The number of sulfonamides is 1. The SMILES string of the molecule is COc1ccc(CC(=O)NCC2CCN(S(=O)(=O)c3cccnc3)CC2)cc1OC. The number of rotatable bonds is 8. The fourth-order valence-electron chi connectivity index (χ4n) is 3.50. The lowest BCUT2D eigenvalue weighted by molar-refractivity contribution is -0.120. The van der Waals surface area contributed by atoms with Gasteiger partial charge in [-0.25, -0.2) is 8.42 Å². The average Bonchev–Trinajstić information content (AvgIpc) is 2.78. The summed E-state index contributed by atoms with van der Waals surface area (Å²) < 4.78 is 37.3. The van der Waals surface area contributed by atoms with Crippen molar-refractivity contribution in [2.24, 2.45) is 5.92 Å². The maximum atomic E-state index is 12.7. The van der Waals surface area contributed by atoms with E-state index in [0.29, 0.717) is 44.0 Å². The van der Waals surface area contributed by atoms with Gasteiger partial charge in [-0.05, 0) is 48.6 Å². The first-order valence-corrected chi connectivity index (χ1v) is 11.3. The molecule has 1 N–H and O–H groups in total. The van der Waals surface area contributed by atoms with Crippen LogP contribution in [0, 0.1) is 5.92 Å². The Balaban J connectivity index is 1.47. The molecule has 1 fully saturated rings. The second-order valence-corrected chi connectivity index (χ2v) is 9.14. The number of amides is 1. The number of carbonyl (C=O) groups excluding carboxylic acids is 1. The fraction of sp³-hybridized carbons (Fsp3) is 0.429. The number of hydrogen-bond acceptors (Lipinski definition) is 6. The zero-order chi connectivity index (χ0) is 21.6. The van der Waals surface area contributed by atoms with Crippen LogP contribution in [0.1, 0.15) is 18.4 Å². The zero-order valence-corrected chi connectivity index (χ0v) is 18.0. The first-order chi connectivity index (χ1) is 14.4. The normalized spacial score (nSPS) is 15.5. The van der Waals surface area contributed by atoms with Gasteiger partial charge in [-0.15, -0.1) is 0 Å². The van der Waals surface area contributed by atoms with Crippen LogP contribution >= 0.6 is 0 Å². The number of benzene rings is 1. The number of piperidine rings is 1. The van der Waals surface area contributed by atoms with Crippen molar-refractivity contribution in [3.05, 3.63) is 48.3 Å². The van der Waals surface area contributed by atoms with Crippen LogP contribution in [0.4, 0.5) is 0 Å². The third kappa shape index (κ3) is 5.28. The molecule has 1 amide bonds. The molecule has 0 bridgehead atoms. The summed E-state index contributed by atoms with van der Waals surface area (Å²) in [5, 5.41) is 2.96. The van der Waals surface area contributed by atoms with Crippen LogP contribution in [0.5, 0.6) is 11.5 Å². The number of nitrogens with zero attached hydrogens (tertiary/aromatic N) is 2. The molecule has 3 rings (SSSR count). The highest BCUT2D eigenvalue weighted by atomic mass is 32.2. The van der Waals surface area contributed by atoms with Crippen molar-refractivity contribution in [2.75, 3.05) is 33.9 Å². The van der Waals surface area contributed by atoms with Crippen LogP contribution in [0.2, 0.25) is 0 Å². The van der Waals surface area contributed by atoms with Crippen LogP contribution in [-0.2, 0) is 21.2 Å². The maximum absolute atomic E-state index is 12.7. The minimum Gasteiger partial charge on any atom is -0.493 e. The van der Waals surface area contributed by atoms with Gasteiger partial charge in [0, 0.05) is 32.0 Å². The molecule has 2 heterocycles. The van der Waals surface area contributed by atoms with Crippen molar-refractivity contribution < 1.29 is 22.7 Å². The molecule has 2 aromatic rings. The van der Waals surface area contributed by atoms with Crippen molar-refractivity contribution in [1.29, 1.82) is 0 Å². The summed E-state index contributed by atoms with van der Waals surface area (Å²) >= 11 is 0. The van der Waals surface area contributed by atoms with Gasteiger partial charge in [-0.3, -0.25) is 9.78 Å². The van der Waals surface area contributed by atoms with Crippen LogP contribution < -0.4 is 14.8 Å². The monoisotopic (exact) mass is 433 g/mol. The molecule has 1 aromatic heterocycles. The van der Waals surface area contributed by atoms with E-state index in [1.54, 1.807) is 44.7 Å². The molecule has 0 saturated carbocycles. The average molecular weight is 434 g/mol. The van der Waals surface area contributed by atoms with E-state index in [9.17, 15) is 13.2 Å². The standard InChI is InChI=1S/C21H27N3O5S/c1-28-19-6-5-17(12-20(19)29-2)13-21(25)23-14-16-7-10-24(11-8-16)30(26,27)18-4-3-9-22-15-18/h3-6,9,12,15-16H,7-8,10-11,13-14H2,1-2H3,(H,23,25). The Bertz CT molecular complexity index is 958. The highest BCUT2D eigenvalue weighted by Crippen LogP contribution is 2.28. The van der Waals surface area contributed by atoms with Crippen LogP contribution in [0.15, 0.2) is 47.6 Å². The second-order valence-electron chi connectivity index (χ2n) is 7.21. The van der Waals surface area contributed by atoms with Crippen LogP contribution in [-0.4, -0.2) is 57.5 Å². The van der Waals surface area contributed by atoms with Crippen LogP contribution in [0.25, 0.3) is 0 Å². The van der Waals surface area contributed by atoms with Gasteiger partial charge < -0.3 is 14.8 Å². The van der Waals surface area contributed by atoms with Gasteiger partial charge >= 0.3 is 0 Å². The summed E-state index contributed by atoms with van der Waals surface area (Å²) in [4.78, 5) is 16.4. The lowest BCUT2D eigenvalue weighted by Crippen LogP contribution is -2.41. The van der Waals surface area contributed by atoms with Gasteiger partial charge in [0.15, 0.2) is 11.5 Å². The summed E-state index contributed by atoms with van der Waals surface area (Å²) in [6.45, 7) is 1.41. The molecule has 1 saturated heterocycles. The van der Waals surface area contributed by atoms with Gasteiger partial charge in [0.05, 0.1) is 20.6 Å². The van der Waals surface area contributed by atoms with E-state index >= 15 is 0 Å². The number of pyridine rings is 1. The van der Waals surface area contributed by atoms with E-state index in [1.807, 2.05) is 6.07 Å². The molecular formula is C21H27N3O5S.